The third kappa shape index (κ3) is 12.8. The van der Waals surface area contributed by atoms with Gasteiger partial charge in [0.1, 0.15) is 54.3 Å². The van der Waals surface area contributed by atoms with Gasteiger partial charge < -0.3 is 50.0 Å². The highest BCUT2D eigenvalue weighted by molar-refractivity contribution is 7.99. The van der Waals surface area contributed by atoms with Gasteiger partial charge in [-0.25, -0.2) is 0 Å². The summed E-state index contributed by atoms with van der Waals surface area (Å²) in [6.07, 6.45) is 8.14. The molecule has 2 aliphatic heterocycles. The Bertz CT molecular complexity index is 642. The molecule has 0 aliphatic carbocycles. The largest absolute Gasteiger partial charge is 0.394 e. The quantitative estimate of drug-likeness (QED) is 0.0900. The van der Waals surface area contributed by atoms with Gasteiger partial charge in [-0.1, -0.05) is 103 Å². The first-order valence-corrected chi connectivity index (χ1v) is 17.1. The van der Waals surface area contributed by atoms with Crippen molar-refractivity contribution in [1.29, 1.82) is 0 Å². The number of hydrogen-bond acceptors (Lipinski definition) is 11. The Hall–Kier alpha value is -0.0500. The standard InChI is InChI=1S/C30H58O10S/c1-2-3-4-5-6-7-8-9-10-11-12-13-14-15-16-17-18-41-30-27(37)25(35)28(22(20-32)39-30)40-29-26(36)24(34)23(33)21(19-31)38-29/h21-37H,2-20H2,1H3/t21-,22-,23+,24+,25-,26-,27-,28-,29+,30+/m1/s1. The van der Waals surface area contributed by atoms with E-state index in [1.807, 2.05) is 0 Å². The molecule has 2 rings (SSSR count). The van der Waals surface area contributed by atoms with E-state index in [2.05, 4.69) is 6.92 Å². The molecule has 0 bridgehead atoms. The lowest BCUT2D eigenvalue weighted by Gasteiger charge is -2.46. The van der Waals surface area contributed by atoms with Gasteiger partial charge in [-0.3, -0.25) is 0 Å². The molecule has 2 saturated heterocycles. The van der Waals surface area contributed by atoms with E-state index < -0.39 is 73.8 Å². The summed E-state index contributed by atoms with van der Waals surface area (Å²) in [6, 6.07) is 0. The Morgan fingerprint density at radius 1 is 0.537 bits per heavy atom. The normalized spacial score (nSPS) is 34.2. The third-order valence-corrected chi connectivity index (χ3v) is 9.48. The maximum absolute atomic E-state index is 10.7. The first kappa shape index (κ1) is 37.1. The molecule has 7 N–H and O–H groups in total. The maximum atomic E-state index is 10.7. The van der Waals surface area contributed by atoms with Crippen molar-refractivity contribution < 1.29 is 50.0 Å². The van der Waals surface area contributed by atoms with Crippen molar-refractivity contribution in [3.05, 3.63) is 0 Å². The Morgan fingerprint density at radius 2 is 1.02 bits per heavy atom. The van der Waals surface area contributed by atoms with Crippen molar-refractivity contribution in [2.75, 3.05) is 19.0 Å². The average Bonchev–Trinajstić information content (AvgIpc) is 2.98. The van der Waals surface area contributed by atoms with Crippen LogP contribution in [0.25, 0.3) is 0 Å². The van der Waals surface area contributed by atoms with E-state index in [1.54, 1.807) is 0 Å². The summed E-state index contributed by atoms with van der Waals surface area (Å²) in [4.78, 5) is 0. The van der Waals surface area contributed by atoms with E-state index in [1.165, 1.54) is 102 Å². The monoisotopic (exact) mass is 610 g/mol. The van der Waals surface area contributed by atoms with Crippen LogP contribution in [0.1, 0.15) is 110 Å². The Labute approximate surface area is 250 Å². The first-order chi connectivity index (χ1) is 19.8. The highest BCUT2D eigenvalue weighted by atomic mass is 32.2. The van der Waals surface area contributed by atoms with Crippen LogP contribution in [0.4, 0.5) is 0 Å². The second-order valence-electron chi connectivity index (χ2n) is 11.7. The van der Waals surface area contributed by atoms with Crippen LogP contribution in [0, 0.1) is 0 Å². The Kier molecular flexibility index (Phi) is 19.6. The number of aliphatic hydroxyl groups excluding tert-OH is 7. The minimum Gasteiger partial charge on any atom is -0.394 e. The van der Waals surface area contributed by atoms with Gasteiger partial charge in [0, 0.05) is 0 Å². The summed E-state index contributed by atoms with van der Waals surface area (Å²) >= 11 is 1.38. The molecule has 0 unspecified atom stereocenters. The van der Waals surface area contributed by atoms with E-state index in [0.717, 1.165) is 18.6 Å². The first-order valence-electron chi connectivity index (χ1n) is 16.1. The fourth-order valence-corrected chi connectivity index (χ4v) is 6.73. The van der Waals surface area contributed by atoms with Crippen LogP contribution in [0.5, 0.6) is 0 Å². The summed E-state index contributed by atoms with van der Waals surface area (Å²) in [6.45, 7) is 1.12. The van der Waals surface area contributed by atoms with E-state index in [4.69, 9.17) is 14.2 Å². The van der Waals surface area contributed by atoms with E-state index >= 15 is 0 Å². The molecule has 0 aromatic heterocycles. The minimum atomic E-state index is -1.67. The summed E-state index contributed by atoms with van der Waals surface area (Å²) in [7, 11) is 0. The molecule has 11 heteroatoms. The SMILES string of the molecule is CCCCCCCCCCCCCCCCCCS[C@@H]1O[C@H](CO)[C@@H](O[C@@H]2O[C@H](CO)[C@H](O)[C@H](O)[C@H]2O)[C@H](O)[C@H]1O. The zero-order valence-corrected chi connectivity index (χ0v) is 25.8. The molecule has 10 nitrogen and oxygen atoms in total. The van der Waals surface area contributed by atoms with Crippen LogP contribution in [0.3, 0.4) is 0 Å². The molecule has 0 saturated carbocycles. The lowest BCUT2D eigenvalue weighted by Crippen LogP contribution is -2.64. The van der Waals surface area contributed by atoms with Crippen molar-refractivity contribution in [2.24, 2.45) is 0 Å². The fraction of sp³-hybridized carbons (Fsp3) is 1.00. The lowest BCUT2D eigenvalue weighted by atomic mass is 9.97. The molecule has 2 heterocycles. The highest BCUT2D eigenvalue weighted by Gasteiger charge is 2.50. The predicted molar refractivity (Wildman–Crippen MR) is 158 cm³/mol. The zero-order valence-electron chi connectivity index (χ0n) is 25.0. The molecular weight excluding hydrogens is 552 g/mol. The van der Waals surface area contributed by atoms with Gasteiger partial charge in [-0.2, -0.15) is 0 Å². The molecule has 0 aromatic carbocycles. The molecule has 0 spiro atoms. The number of hydrogen-bond donors (Lipinski definition) is 7. The second kappa shape index (κ2) is 21.6. The number of aliphatic hydroxyl groups is 7. The van der Waals surface area contributed by atoms with Crippen LogP contribution < -0.4 is 0 Å². The van der Waals surface area contributed by atoms with E-state index in [9.17, 15) is 35.7 Å². The van der Waals surface area contributed by atoms with Crippen LogP contribution in [-0.2, 0) is 14.2 Å². The fourth-order valence-electron chi connectivity index (χ4n) is 5.54. The van der Waals surface area contributed by atoms with Crippen LogP contribution >= 0.6 is 11.8 Å². The molecule has 2 fully saturated rings. The number of ether oxygens (including phenoxy) is 3. The highest BCUT2D eigenvalue weighted by Crippen LogP contribution is 2.33. The summed E-state index contributed by atoms with van der Waals surface area (Å²) in [5, 5.41) is 70.8. The van der Waals surface area contributed by atoms with E-state index in [-0.39, 0.29) is 0 Å². The van der Waals surface area contributed by atoms with Crippen molar-refractivity contribution in [3.63, 3.8) is 0 Å². The van der Waals surface area contributed by atoms with Crippen LogP contribution in [0.2, 0.25) is 0 Å². The Balaban J connectivity index is 1.56. The van der Waals surface area contributed by atoms with Gasteiger partial charge in [0.2, 0.25) is 0 Å². The van der Waals surface area contributed by atoms with Crippen molar-refractivity contribution in [1.82, 2.24) is 0 Å². The van der Waals surface area contributed by atoms with Gasteiger partial charge in [0.25, 0.3) is 0 Å². The van der Waals surface area contributed by atoms with Crippen molar-refractivity contribution >= 4 is 11.8 Å². The number of thioether (sulfide) groups is 1. The van der Waals surface area contributed by atoms with Gasteiger partial charge in [-0.05, 0) is 12.2 Å². The lowest BCUT2D eigenvalue weighted by molar-refractivity contribution is -0.338. The van der Waals surface area contributed by atoms with Crippen LogP contribution in [0.15, 0.2) is 0 Å². The second-order valence-corrected chi connectivity index (χ2v) is 12.9. The minimum absolute atomic E-state index is 0.512. The van der Waals surface area contributed by atoms with Crippen molar-refractivity contribution in [3.8, 4) is 0 Å². The smallest absolute Gasteiger partial charge is 0.187 e. The number of rotatable bonds is 22. The summed E-state index contributed by atoms with van der Waals surface area (Å²) in [5.74, 6) is 0.739. The molecule has 2 aliphatic rings. The summed E-state index contributed by atoms with van der Waals surface area (Å²) < 4.78 is 16.8. The zero-order chi connectivity index (χ0) is 30.0. The maximum Gasteiger partial charge on any atom is 0.187 e. The van der Waals surface area contributed by atoms with Gasteiger partial charge in [0.05, 0.1) is 13.2 Å². The van der Waals surface area contributed by atoms with Gasteiger partial charge >= 0.3 is 0 Å². The summed E-state index contributed by atoms with van der Waals surface area (Å²) in [5.41, 5.74) is -0.756. The topological polar surface area (TPSA) is 169 Å². The predicted octanol–water partition coefficient (Wildman–Crippen LogP) is 2.61. The molecule has 244 valence electrons. The molecule has 0 amide bonds. The van der Waals surface area contributed by atoms with Gasteiger partial charge in [-0.15, -0.1) is 11.8 Å². The number of unbranched alkanes of at least 4 members (excludes halogenated alkanes) is 15. The van der Waals surface area contributed by atoms with E-state index in [0.29, 0.717) is 0 Å². The molecular formula is C30H58O10S. The Morgan fingerprint density at radius 3 is 1.51 bits per heavy atom. The molecule has 41 heavy (non-hydrogen) atoms. The molecule has 10 atom stereocenters. The average molecular weight is 611 g/mol. The molecule has 0 radical (unpaired) electrons. The molecule has 0 aromatic rings. The van der Waals surface area contributed by atoms with Crippen molar-refractivity contribution in [2.45, 2.75) is 170 Å². The third-order valence-electron chi connectivity index (χ3n) is 8.24. The van der Waals surface area contributed by atoms with Gasteiger partial charge in [0.15, 0.2) is 6.29 Å². The van der Waals surface area contributed by atoms with Crippen LogP contribution in [-0.4, -0.2) is 115 Å².